The molecule has 6 heteroatoms. The van der Waals surface area contributed by atoms with Crippen LogP contribution in [0.3, 0.4) is 0 Å². The van der Waals surface area contributed by atoms with Crippen LogP contribution in [0.4, 0.5) is 5.95 Å². The molecule has 2 aromatic heterocycles. The van der Waals surface area contributed by atoms with Gasteiger partial charge in [-0.1, -0.05) is 19.1 Å². The van der Waals surface area contributed by atoms with Gasteiger partial charge >= 0.3 is 0 Å². The van der Waals surface area contributed by atoms with Crippen molar-refractivity contribution in [2.24, 2.45) is 11.8 Å². The highest BCUT2D eigenvalue weighted by Crippen LogP contribution is 2.45. The highest BCUT2D eigenvalue weighted by molar-refractivity contribution is 7.98. The number of pyridine rings is 1. The van der Waals surface area contributed by atoms with Crippen LogP contribution in [0.2, 0.25) is 0 Å². The van der Waals surface area contributed by atoms with E-state index in [1.807, 2.05) is 24.5 Å². The van der Waals surface area contributed by atoms with E-state index < -0.39 is 0 Å². The summed E-state index contributed by atoms with van der Waals surface area (Å²) in [5, 5.41) is 0. The Morgan fingerprint density at radius 2 is 1.67 bits per heavy atom. The summed E-state index contributed by atoms with van der Waals surface area (Å²) in [4.78, 5) is 16.7. The number of fused-ring (bicyclic) bond motifs is 1. The van der Waals surface area contributed by atoms with Crippen LogP contribution in [-0.2, 0) is 6.42 Å². The Morgan fingerprint density at radius 1 is 0.967 bits per heavy atom. The number of hydrogen-bond donors (Lipinski definition) is 0. The molecule has 1 aliphatic carbocycles. The molecule has 2 fully saturated rings. The fourth-order valence-corrected chi connectivity index (χ4v) is 4.10. The van der Waals surface area contributed by atoms with E-state index >= 15 is 0 Å². The van der Waals surface area contributed by atoms with E-state index in [4.69, 9.17) is 4.74 Å². The Labute approximate surface area is 182 Å². The van der Waals surface area contributed by atoms with E-state index in [0.717, 1.165) is 41.2 Å². The van der Waals surface area contributed by atoms with Crippen LogP contribution in [0.1, 0.15) is 18.9 Å². The van der Waals surface area contributed by atoms with E-state index in [1.165, 1.54) is 30.0 Å². The first-order chi connectivity index (χ1) is 14.7. The third-order valence-corrected chi connectivity index (χ3v) is 6.46. The molecule has 0 spiro atoms. The molecule has 1 aromatic carbocycles. The summed E-state index contributed by atoms with van der Waals surface area (Å²) in [7, 11) is 1.64. The average molecular weight is 421 g/mol. The summed E-state index contributed by atoms with van der Waals surface area (Å²) in [6.07, 6.45) is 10.2. The second-order valence-corrected chi connectivity index (χ2v) is 8.60. The van der Waals surface area contributed by atoms with Gasteiger partial charge in [-0.15, -0.1) is 11.8 Å². The molecule has 2 aliphatic rings. The van der Waals surface area contributed by atoms with E-state index in [0.29, 0.717) is 0 Å². The quantitative estimate of drug-likeness (QED) is 0.543. The summed E-state index contributed by atoms with van der Waals surface area (Å²) < 4.78 is 5.08. The number of aryl methyl sites for hydroxylation is 1. The summed E-state index contributed by atoms with van der Waals surface area (Å²) >= 11 is 1.74. The van der Waals surface area contributed by atoms with Crippen LogP contribution in [0.25, 0.3) is 11.3 Å². The lowest BCUT2D eigenvalue weighted by Crippen LogP contribution is -2.23. The van der Waals surface area contributed by atoms with Gasteiger partial charge in [0, 0.05) is 35.9 Å². The normalized spacial score (nSPS) is 19.0. The zero-order chi connectivity index (χ0) is 20.9. The molecule has 1 saturated heterocycles. The van der Waals surface area contributed by atoms with Crippen LogP contribution >= 0.6 is 11.8 Å². The Balaban J connectivity index is 0.000000146. The predicted molar refractivity (Wildman–Crippen MR) is 123 cm³/mol. The highest BCUT2D eigenvalue weighted by Gasteiger charge is 2.45. The number of benzene rings is 1. The number of rotatable bonds is 5. The molecule has 2 unspecified atom stereocenters. The number of ether oxygens (including phenoxy) is 1. The first-order valence-corrected chi connectivity index (χ1v) is 11.6. The number of nitrogens with zero attached hydrogens (tertiary/aromatic N) is 4. The van der Waals surface area contributed by atoms with Gasteiger partial charge in [0.05, 0.1) is 19.0 Å². The van der Waals surface area contributed by atoms with Gasteiger partial charge in [0.2, 0.25) is 5.95 Å². The maximum absolute atomic E-state index is 5.08. The van der Waals surface area contributed by atoms with Crippen molar-refractivity contribution in [3.05, 3.63) is 60.6 Å². The maximum atomic E-state index is 5.08. The lowest BCUT2D eigenvalue weighted by molar-refractivity contribution is 0.413. The molecule has 1 saturated carbocycles. The molecule has 0 amide bonds. The van der Waals surface area contributed by atoms with Gasteiger partial charge in [-0.25, -0.2) is 9.97 Å². The maximum Gasteiger partial charge on any atom is 0.225 e. The molecule has 1 aliphatic heterocycles. The smallest absolute Gasteiger partial charge is 0.225 e. The highest BCUT2D eigenvalue weighted by atomic mass is 32.2. The van der Waals surface area contributed by atoms with Crippen LogP contribution in [-0.4, -0.2) is 41.4 Å². The minimum Gasteiger partial charge on any atom is -0.495 e. The van der Waals surface area contributed by atoms with Gasteiger partial charge in [-0.05, 0) is 60.8 Å². The van der Waals surface area contributed by atoms with Crippen molar-refractivity contribution in [2.45, 2.75) is 24.7 Å². The summed E-state index contributed by atoms with van der Waals surface area (Å²) in [5.41, 5.74) is 3.31. The number of aromatic nitrogens is 3. The van der Waals surface area contributed by atoms with Crippen LogP contribution < -0.4 is 9.64 Å². The van der Waals surface area contributed by atoms with E-state index in [1.54, 1.807) is 25.1 Å². The number of anilines is 1. The molecular weight excluding hydrogens is 392 g/mol. The van der Waals surface area contributed by atoms with E-state index in [2.05, 4.69) is 57.3 Å². The molecule has 156 valence electrons. The topological polar surface area (TPSA) is 51.1 Å². The van der Waals surface area contributed by atoms with Crippen molar-refractivity contribution in [1.29, 1.82) is 0 Å². The van der Waals surface area contributed by atoms with Crippen molar-refractivity contribution >= 4 is 17.7 Å². The van der Waals surface area contributed by atoms with Crippen LogP contribution in [0.15, 0.2) is 59.9 Å². The molecular formula is C24H28N4OS. The summed E-state index contributed by atoms with van der Waals surface area (Å²) in [5.74, 6) is 3.60. The van der Waals surface area contributed by atoms with Gasteiger partial charge in [-0.3, -0.25) is 4.98 Å². The summed E-state index contributed by atoms with van der Waals surface area (Å²) in [6.45, 7) is 4.48. The van der Waals surface area contributed by atoms with Gasteiger partial charge < -0.3 is 9.64 Å². The van der Waals surface area contributed by atoms with E-state index in [-0.39, 0.29) is 0 Å². The van der Waals surface area contributed by atoms with Gasteiger partial charge in [0.15, 0.2) is 0 Å². The van der Waals surface area contributed by atoms with Crippen LogP contribution in [0.5, 0.6) is 5.75 Å². The van der Waals surface area contributed by atoms with Crippen LogP contribution in [0, 0.1) is 11.8 Å². The van der Waals surface area contributed by atoms with Crippen molar-refractivity contribution in [3.63, 3.8) is 0 Å². The molecule has 0 radical (unpaired) electrons. The first-order valence-electron chi connectivity index (χ1n) is 10.4. The molecule has 3 aromatic rings. The van der Waals surface area contributed by atoms with Crippen molar-refractivity contribution in [3.8, 4) is 17.0 Å². The molecule has 3 heterocycles. The zero-order valence-corrected chi connectivity index (χ0v) is 18.6. The Kier molecular flexibility index (Phi) is 6.53. The fraction of sp³-hybridized carbons (Fsp3) is 0.375. The molecule has 0 N–H and O–H groups in total. The minimum atomic E-state index is 0.782. The van der Waals surface area contributed by atoms with Gasteiger partial charge in [0.25, 0.3) is 0 Å². The average Bonchev–Trinajstić information content (AvgIpc) is 3.44. The molecule has 2 atom stereocenters. The number of thioether (sulfide) groups is 1. The van der Waals surface area contributed by atoms with Crippen molar-refractivity contribution in [2.75, 3.05) is 31.4 Å². The lowest BCUT2D eigenvalue weighted by Gasteiger charge is -2.17. The monoisotopic (exact) mass is 420 g/mol. The van der Waals surface area contributed by atoms with Gasteiger partial charge in [-0.2, -0.15) is 0 Å². The second-order valence-electron chi connectivity index (χ2n) is 7.72. The third kappa shape index (κ3) is 4.93. The zero-order valence-electron chi connectivity index (χ0n) is 17.8. The number of piperidine rings is 1. The third-order valence-electron chi connectivity index (χ3n) is 5.72. The Hall–Kier alpha value is -2.60. The fourth-order valence-electron chi connectivity index (χ4n) is 3.69. The minimum absolute atomic E-state index is 0.782. The van der Waals surface area contributed by atoms with Crippen molar-refractivity contribution in [1.82, 2.24) is 15.0 Å². The molecule has 30 heavy (non-hydrogen) atoms. The summed E-state index contributed by atoms with van der Waals surface area (Å²) in [6, 6.07) is 12.3. The number of methoxy groups -OCH3 is 1. The lowest BCUT2D eigenvalue weighted by atomic mass is 10.1. The first kappa shape index (κ1) is 20.7. The molecule has 0 bridgehead atoms. The SMILES string of the molecule is CCc1cnc(N2CC3CC3C2)nc1.COc1ccc(-c2ccc(SC)cc2)nc1. The number of hydrogen-bond acceptors (Lipinski definition) is 6. The van der Waals surface area contributed by atoms with Gasteiger partial charge in [0.1, 0.15) is 5.75 Å². The molecule has 5 nitrogen and oxygen atoms in total. The van der Waals surface area contributed by atoms with E-state index in [9.17, 15) is 0 Å². The Morgan fingerprint density at radius 3 is 2.20 bits per heavy atom. The predicted octanol–water partition coefficient (Wildman–Crippen LogP) is 4.97. The second kappa shape index (κ2) is 9.47. The Bertz CT molecular complexity index is 889. The standard InChI is InChI=1S/C13H13NOS.C11H15N3/c1-15-11-5-8-13(14-9-11)10-3-6-12(16-2)7-4-10;1-2-8-4-12-11(13-5-8)14-6-9-3-10(9)7-14/h3-9H,1-2H3;4-5,9-10H,2-3,6-7H2,1H3. The largest absolute Gasteiger partial charge is 0.495 e. The molecule has 5 rings (SSSR count). The van der Waals surface area contributed by atoms with Crippen molar-refractivity contribution < 1.29 is 4.74 Å².